The third kappa shape index (κ3) is 3.30. The minimum atomic E-state index is -0.696. The lowest BCUT2D eigenvalue weighted by atomic mass is 10.3. The normalized spacial score (nSPS) is 10.5. The van der Waals surface area contributed by atoms with Crippen LogP contribution in [0.4, 0.5) is 11.5 Å². The molecular weight excluding hydrogens is 310 g/mol. The number of nitrogens with zero attached hydrogens (tertiary/aromatic N) is 5. The van der Waals surface area contributed by atoms with Gasteiger partial charge >= 0.3 is 11.5 Å². The number of aromatic amines is 1. The number of amides is 1. The third-order valence-electron chi connectivity index (χ3n) is 3.13. The molecule has 12 heteroatoms. The van der Waals surface area contributed by atoms with E-state index in [2.05, 4.69) is 20.6 Å². The number of carbonyl (C=O) groups excluding carboxylic acids is 1. The molecule has 0 fully saturated rings. The van der Waals surface area contributed by atoms with Crippen LogP contribution in [-0.4, -0.2) is 42.3 Å². The second-order valence-electron chi connectivity index (χ2n) is 4.65. The second kappa shape index (κ2) is 6.21. The highest BCUT2D eigenvalue weighted by atomic mass is 16.6. The van der Waals surface area contributed by atoms with Gasteiger partial charge in [-0.25, -0.2) is 0 Å². The van der Waals surface area contributed by atoms with Crippen LogP contribution in [0.1, 0.15) is 21.9 Å². The van der Waals surface area contributed by atoms with E-state index in [0.29, 0.717) is 11.4 Å². The fourth-order valence-electron chi connectivity index (χ4n) is 2.06. The summed E-state index contributed by atoms with van der Waals surface area (Å²) in [6, 6.07) is 1.02. The van der Waals surface area contributed by atoms with Gasteiger partial charge in [0.05, 0.1) is 17.5 Å². The van der Waals surface area contributed by atoms with Gasteiger partial charge in [-0.1, -0.05) is 5.10 Å². The Labute approximate surface area is 128 Å². The van der Waals surface area contributed by atoms with E-state index in [-0.39, 0.29) is 30.3 Å². The van der Waals surface area contributed by atoms with Gasteiger partial charge in [-0.2, -0.15) is 5.10 Å². The van der Waals surface area contributed by atoms with E-state index in [9.17, 15) is 25.0 Å². The van der Waals surface area contributed by atoms with Crippen LogP contribution in [0.3, 0.4) is 0 Å². The van der Waals surface area contributed by atoms with Gasteiger partial charge in [-0.05, 0) is 18.8 Å². The number of nitro groups is 2. The maximum absolute atomic E-state index is 11.8. The van der Waals surface area contributed by atoms with Crippen molar-refractivity contribution in [3.63, 3.8) is 0 Å². The van der Waals surface area contributed by atoms with Crippen molar-refractivity contribution in [2.24, 2.45) is 0 Å². The molecule has 2 aromatic rings. The van der Waals surface area contributed by atoms with Crippen LogP contribution in [0.2, 0.25) is 0 Å². The van der Waals surface area contributed by atoms with Crippen LogP contribution in [0.15, 0.2) is 6.07 Å². The van der Waals surface area contributed by atoms with Crippen LogP contribution < -0.4 is 5.32 Å². The summed E-state index contributed by atoms with van der Waals surface area (Å²) >= 11 is 0. The smallest absolute Gasteiger partial charge is 0.343 e. The number of carbonyl (C=O) groups is 1. The van der Waals surface area contributed by atoms with Crippen molar-refractivity contribution in [3.8, 4) is 0 Å². The lowest BCUT2D eigenvalue weighted by Gasteiger charge is -2.04. The van der Waals surface area contributed by atoms with Crippen molar-refractivity contribution in [1.82, 2.24) is 25.3 Å². The van der Waals surface area contributed by atoms with Crippen molar-refractivity contribution in [2.75, 3.05) is 6.54 Å². The molecule has 2 N–H and O–H groups in total. The topological polar surface area (TPSA) is 162 Å². The Balaban J connectivity index is 1.97. The number of nitrogens with one attached hydrogen (secondary N) is 2. The molecular formula is C11H13N7O5. The average Bonchev–Trinajstić information content (AvgIpc) is 3.04. The molecule has 0 unspecified atom stereocenters. The molecule has 1 amide bonds. The molecule has 2 heterocycles. The van der Waals surface area contributed by atoms with E-state index < -0.39 is 15.8 Å². The molecule has 0 spiro atoms. The standard InChI is InChI=1S/C11H13N7O5/c1-6-10(18(22)23)7(2)16(15-6)4-3-12-11(19)8-5-9(14-13-8)17(20)21/h5H,3-4H2,1-2H3,(H,12,19)(H,13,14). The molecule has 12 nitrogen and oxygen atoms in total. The average molecular weight is 323 g/mol. The predicted octanol–water partition coefficient (Wildman–Crippen LogP) is 0.469. The predicted molar refractivity (Wildman–Crippen MR) is 75.9 cm³/mol. The molecule has 2 aromatic heterocycles. The van der Waals surface area contributed by atoms with Crippen LogP contribution in [-0.2, 0) is 6.54 Å². The van der Waals surface area contributed by atoms with E-state index in [0.717, 1.165) is 6.07 Å². The maximum Gasteiger partial charge on any atom is 0.343 e. The number of hydrogen-bond donors (Lipinski definition) is 2. The van der Waals surface area contributed by atoms with Crippen LogP contribution in [0.25, 0.3) is 0 Å². The van der Waals surface area contributed by atoms with Crippen molar-refractivity contribution >= 4 is 17.4 Å². The molecule has 0 aliphatic carbocycles. The maximum atomic E-state index is 11.8. The van der Waals surface area contributed by atoms with Gasteiger partial charge in [0.1, 0.15) is 11.4 Å². The van der Waals surface area contributed by atoms with Gasteiger partial charge in [-0.3, -0.25) is 19.6 Å². The van der Waals surface area contributed by atoms with E-state index in [1.54, 1.807) is 6.92 Å². The van der Waals surface area contributed by atoms with Crippen LogP contribution in [0.5, 0.6) is 0 Å². The molecule has 0 saturated heterocycles. The van der Waals surface area contributed by atoms with Gasteiger partial charge in [0.2, 0.25) is 0 Å². The lowest BCUT2D eigenvalue weighted by molar-refractivity contribution is -0.389. The Kier molecular flexibility index (Phi) is 4.34. The summed E-state index contributed by atoms with van der Waals surface area (Å²) < 4.78 is 1.42. The lowest BCUT2D eigenvalue weighted by Crippen LogP contribution is -2.28. The second-order valence-corrected chi connectivity index (χ2v) is 4.65. The summed E-state index contributed by atoms with van der Waals surface area (Å²) in [5.74, 6) is -0.977. The first kappa shape index (κ1) is 16.1. The van der Waals surface area contributed by atoms with Crippen molar-refractivity contribution in [1.29, 1.82) is 0 Å². The highest BCUT2D eigenvalue weighted by Crippen LogP contribution is 2.21. The first-order valence-corrected chi connectivity index (χ1v) is 6.47. The molecule has 2 rings (SSSR count). The molecule has 23 heavy (non-hydrogen) atoms. The largest absolute Gasteiger partial charge is 0.358 e. The Morgan fingerprint density at radius 3 is 2.57 bits per heavy atom. The molecule has 0 bridgehead atoms. The van der Waals surface area contributed by atoms with Gasteiger partial charge in [0.15, 0.2) is 5.69 Å². The summed E-state index contributed by atoms with van der Waals surface area (Å²) in [6.45, 7) is 3.46. The van der Waals surface area contributed by atoms with Crippen molar-refractivity contribution < 1.29 is 14.6 Å². The third-order valence-corrected chi connectivity index (χ3v) is 3.13. The summed E-state index contributed by atoms with van der Waals surface area (Å²) in [6.07, 6.45) is 0. The van der Waals surface area contributed by atoms with Gasteiger partial charge in [0, 0.05) is 6.54 Å². The number of rotatable bonds is 6. The highest BCUT2D eigenvalue weighted by molar-refractivity contribution is 5.92. The van der Waals surface area contributed by atoms with Crippen LogP contribution >= 0.6 is 0 Å². The van der Waals surface area contributed by atoms with E-state index >= 15 is 0 Å². The highest BCUT2D eigenvalue weighted by Gasteiger charge is 2.21. The molecule has 0 aliphatic rings. The molecule has 0 radical (unpaired) electrons. The first-order valence-electron chi connectivity index (χ1n) is 6.47. The Hall–Kier alpha value is -3.31. The fraction of sp³-hybridized carbons (Fsp3) is 0.364. The summed E-state index contributed by atoms with van der Waals surface area (Å²) in [7, 11) is 0. The summed E-state index contributed by atoms with van der Waals surface area (Å²) in [4.78, 5) is 32.0. The zero-order chi connectivity index (χ0) is 17.1. The quantitative estimate of drug-likeness (QED) is 0.576. The monoisotopic (exact) mass is 323 g/mol. The Morgan fingerprint density at radius 1 is 1.35 bits per heavy atom. The zero-order valence-corrected chi connectivity index (χ0v) is 12.3. The zero-order valence-electron chi connectivity index (χ0n) is 12.3. The minimum absolute atomic E-state index is 0.0562. The van der Waals surface area contributed by atoms with Crippen molar-refractivity contribution in [3.05, 3.63) is 43.4 Å². The molecule has 0 aliphatic heterocycles. The van der Waals surface area contributed by atoms with Crippen molar-refractivity contribution in [2.45, 2.75) is 20.4 Å². The van der Waals surface area contributed by atoms with E-state index in [4.69, 9.17) is 0 Å². The molecule has 0 aromatic carbocycles. The van der Waals surface area contributed by atoms with Gasteiger partial charge in [0.25, 0.3) is 5.91 Å². The molecule has 0 atom stereocenters. The van der Waals surface area contributed by atoms with Gasteiger partial charge < -0.3 is 15.4 Å². The number of aromatic nitrogens is 4. The number of H-pyrrole nitrogens is 1. The number of hydrogen-bond acceptors (Lipinski definition) is 7. The first-order chi connectivity index (χ1) is 10.8. The molecule has 122 valence electrons. The number of aryl methyl sites for hydroxylation is 1. The van der Waals surface area contributed by atoms with E-state index in [1.807, 2.05) is 0 Å². The van der Waals surface area contributed by atoms with Crippen LogP contribution in [0, 0.1) is 34.1 Å². The van der Waals surface area contributed by atoms with E-state index in [1.165, 1.54) is 11.6 Å². The summed E-state index contributed by atoms with van der Waals surface area (Å²) in [5.41, 5.74) is 0.509. The molecule has 0 saturated carbocycles. The fourth-order valence-corrected chi connectivity index (χ4v) is 2.06. The Bertz CT molecular complexity index is 778. The van der Waals surface area contributed by atoms with Gasteiger partial charge in [-0.15, -0.1) is 5.10 Å². The SMILES string of the molecule is Cc1nn(CCNC(=O)c2cc([N+](=O)[O-])[nH]n2)c(C)c1[N+](=O)[O-]. The summed E-state index contributed by atoms with van der Waals surface area (Å²) in [5, 5.41) is 33.6. The Morgan fingerprint density at radius 2 is 2.04 bits per heavy atom. The minimum Gasteiger partial charge on any atom is -0.358 e.